The summed E-state index contributed by atoms with van der Waals surface area (Å²) >= 11 is 0. The Kier molecular flexibility index (Phi) is 7.38. The summed E-state index contributed by atoms with van der Waals surface area (Å²) in [5.41, 5.74) is 0.394. The second-order valence-electron chi connectivity index (χ2n) is 9.31. The number of rotatable bonds is 7. The van der Waals surface area contributed by atoms with Crippen LogP contribution in [0.4, 0.5) is 17.3 Å². The van der Waals surface area contributed by atoms with Gasteiger partial charge in [0.15, 0.2) is 11.6 Å². The number of aliphatic hydroxyl groups is 1. The molecule has 1 aromatic heterocycles. The van der Waals surface area contributed by atoms with E-state index in [1.54, 1.807) is 0 Å². The van der Waals surface area contributed by atoms with Gasteiger partial charge in [-0.05, 0) is 36.4 Å². The van der Waals surface area contributed by atoms with Gasteiger partial charge in [0, 0.05) is 71.7 Å². The average molecular weight is 530 g/mol. The maximum atomic E-state index is 13.2. The Bertz CT molecular complexity index is 1210. The van der Waals surface area contributed by atoms with E-state index in [1.807, 2.05) is 17.0 Å². The molecule has 0 atom stereocenters. The maximum absolute atomic E-state index is 13.2. The van der Waals surface area contributed by atoms with Gasteiger partial charge in [-0.1, -0.05) is 0 Å². The number of piperazine rings is 2. The molecule has 2 amide bonds. The fraction of sp³-hybridized carbons (Fsp3) is 0.500. The molecule has 0 radical (unpaired) electrons. The van der Waals surface area contributed by atoms with E-state index in [-0.39, 0.29) is 36.2 Å². The minimum Gasteiger partial charge on any atom is -0.395 e. The monoisotopic (exact) mass is 529 g/mol. The van der Waals surface area contributed by atoms with Crippen LogP contribution in [-0.4, -0.2) is 110 Å². The number of β-amino-alcohol motifs (C(OH)–C–C–N with tert-alkyl or cyclic N) is 1. The molecule has 0 spiro atoms. The van der Waals surface area contributed by atoms with Crippen LogP contribution in [0.15, 0.2) is 41.3 Å². The molecular formula is C24H31N7O5S. The second-order valence-corrected chi connectivity index (χ2v) is 11.2. The lowest BCUT2D eigenvalue weighted by molar-refractivity contribution is -0.121. The van der Waals surface area contributed by atoms with Crippen LogP contribution in [0.5, 0.6) is 0 Å². The van der Waals surface area contributed by atoms with Crippen LogP contribution < -0.4 is 14.7 Å². The van der Waals surface area contributed by atoms with Crippen molar-refractivity contribution in [3.05, 3.63) is 36.4 Å². The fourth-order valence-electron chi connectivity index (χ4n) is 4.94. The van der Waals surface area contributed by atoms with Gasteiger partial charge in [0.2, 0.25) is 21.8 Å². The second kappa shape index (κ2) is 10.7. The van der Waals surface area contributed by atoms with Gasteiger partial charge in [-0.15, -0.1) is 10.2 Å². The first-order valence-electron chi connectivity index (χ1n) is 12.5. The third-order valence-electron chi connectivity index (χ3n) is 7.10. The molecule has 0 aliphatic carbocycles. The molecule has 3 aliphatic heterocycles. The Labute approximate surface area is 216 Å². The third kappa shape index (κ3) is 5.30. The number of anilines is 3. The number of carbonyl (C=O) groups excluding carboxylic acids is 2. The van der Waals surface area contributed by atoms with Crippen LogP contribution in [0.2, 0.25) is 0 Å². The number of nitrogens with zero attached hydrogens (tertiary/aromatic N) is 7. The Morgan fingerprint density at radius 2 is 1.24 bits per heavy atom. The first-order valence-corrected chi connectivity index (χ1v) is 13.9. The van der Waals surface area contributed by atoms with Gasteiger partial charge in [-0.3, -0.25) is 19.4 Å². The van der Waals surface area contributed by atoms with Crippen molar-refractivity contribution in [2.75, 3.05) is 80.2 Å². The van der Waals surface area contributed by atoms with Crippen molar-refractivity contribution in [2.24, 2.45) is 0 Å². The summed E-state index contributed by atoms with van der Waals surface area (Å²) in [7, 11) is -3.71. The van der Waals surface area contributed by atoms with Crippen molar-refractivity contribution in [1.29, 1.82) is 0 Å². The molecule has 3 fully saturated rings. The molecule has 0 unspecified atom stereocenters. The summed E-state index contributed by atoms with van der Waals surface area (Å²) < 4.78 is 27.8. The Morgan fingerprint density at radius 1 is 0.730 bits per heavy atom. The minimum absolute atomic E-state index is 0.132. The van der Waals surface area contributed by atoms with Gasteiger partial charge in [0.1, 0.15) is 0 Å². The number of sulfonamides is 1. The van der Waals surface area contributed by atoms with Gasteiger partial charge in [0.05, 0.1) is 17.2 Å². The first-order chi connectivity index (χ1) is 17.9. The standard InChI is InChI=1S/C24H31N7O5S/c32-18-17-27-9-11-28(12-10-27)21-5-6-22(26-25-21)29-13-15-30(16-14-29)37(35,36)20-3-1-19(2-4-20)31-23(33)7-8-24(31)34/h1-6,32H,7-18H2. The van der Waals surface area contributed by atoms with Crippen molar-refractivity contribution in [1.82, 2.24) is 19.4 Å². The fourth-order valence-corrected chi connectivity index (χ4v) is 6.36. The summed E-state index contributed by atoms with van der Waals surface area (Å²) in [4.78, 5) is 31.6. The maximum Gasteiger partial charge on any atom is 0.243 e. The van der Waals surface area contributed by atoms with Crippen molar-refractivity contribution >= 4 is 39.2 Å². The van der Waals surface area contributed by atoms with E-state index in [1.165, 1.54) is 28.6 Å². The summed E-state index contributed by atoms with van der Waals surface area (Å²) in [6.07, 6.45) is 0.359. The highest BCUT2D eigenvalue weighted by molar-refractivity contribution is 7.89. The molecule has 0 bridgehead atoms. The van der Waals surface area contributed by atoms with Crippen molar-refractivity contribution in [3.8, 4) is 0 Å². The normalized spacial score (nSPS) is 20.2. The quantitative estimate of drug-likeness (QED) is 0.480. The molecule has 1 N–H and O–H groups in total. The lowest BCUT2D eigenvalue weighted by Gasteiger charge is -2.36. The van der Waals surface area contributed by atoms with Crippen LogP contribution in [0.1, 0.15) is 12.8 Å². The zero-order valence-corrected chi connectivity index (χ0v) is 21.4. The highest BCUT2D eigenvalue weighted by Crippen LogP contribution is 2.26. The van der Waals surface area contributed by atoms with Crippen molar-refractivity contribution < 1.29 is 23.1 Å². The summed E-state index contributed by atoms with van der Waals surface area (Å²) in [5.74, 6) is 0.986. The van der Waals surface area contributed by atoms with Crippen LogP contribution in [0.3, 0.4) is 0 Å². The SMILES string of the molecule is O=C1CCC(=O)N1c1ccc(S(=O)(=O)N2CCN(c3ccc(N4CCN(CCO)CC4)nn3)CC2)cc1. The molecule has 3 saturated heterocycles. The predicted octanol–water partition coefficient (Wildman–Crippen LogP) is -0.245. The number of amides is 2. The number of carbonyl (C=O) groups is 2. The molecule has 198 valence electrons. The first kappa shape index (κ1) is 25.5. The predicted molar refractivity (Wildman–Crippen MR) is 137 cm³/mol. The average Bonchev–Trinajstić information content (AvgIpc) is 3.27. The van der Waals surface area contributed by atoms with E-state index >= 15 is 0 Å². The summed E-state index contributed by atoms with van der Waals surface area (Å²) in [6.45, 7) is 5.85. The Balaban J connectivity index is 1.17. The highest BCUT2D eigenvalue weighted by atomic mass is 32.2. The zero-order valence-electron chi connectivity index (χ0n) is 20.6. The van der Waals surface area contributed by atoms with Crippen LogP contribution >= 0.6 is 0 Å². The molecule has 0 saturated carbocycles. The van der Waals surface area contributed by atoms with E-state index in [9.17, 15) is 18.0 Å². The van der Waals surface area contributed by atoms with Gasteiger partial charge in [0.25, 0.3) is 0 Å². The molecule has 12 nitrogen and oxygen atoms in total. The molecule has 5 rings (SSSR count). The van der Waals surface area contributed by atoms with Crippen LogP contribution in [-0.2, 0) is 19.6 Å². The van der Waals surface area contributed by atoms with Crippen molar-refractivity contribution in [3.63, 3.8) is 0 Å². The Morgan fingerprint density at radius 3 is 1.73 bits per heavy atom. The lowest BCUT2D eigenvalue weighted by Crippen LogP contribution is -2.49. The third-order valence-corrected chi connectivity index (χ3v) is 9.01. The van der Waals surface area contributed by atoms with E-state index < -0.39 is 10.0 Å². The Hall–Kier alpha value is -3.13. The molecule has 4 heterocycles. The zero-order chi connectivity index (χ0) is 26.0. The van der Waals surface area contributed by atoms with E-state index in [0.717, 1.165) is 36.9 Å². The number of imide groups is 1. The molecule has 3 aliphatic rings. The lowest BCUT2D eigenvalue weighted by atomic mass is 10.3. The smallest absolute Gasteiger partial charge is 0.243 e. The number of hydrogen-bond donors (Lipinski definition) is 1. The number of aromatic nitrogens is 2. The van der Waals surface area contributed by atoms with Gasteiger partial charge >= 0.3 is 0 Å². The largest absolute Gasteiger partial charge is 0.395 e. The molecular weight excluding hydrogens is 498 g/mol. The minimum atomic E-state index is -3.71. The summed E-state index contributed by atoms with van der Waals surface area (Å²) in [5, 5.41) is 17.9. The van der Waals surface area contributed by atoms with Gasteiger partial charge in [-0.2, -0.15) is 4.31 Å². The molecule has 37 heavy (non-hydrogen) atoms. The van der Waals surface area contributed by atoms with Crippen LogP contribution in [0.25, 0.3) is 0 Å². The van der Waals surface area contributed by atoms with Crippen LogP contribution in [0, 0.1) is 0 Å². The van der Waals surface area contributed by atoms with E-state index in [0.29, 0.717) is 44.2 Å². The number of benzene rings is 1. The van der Waals surface area contributed by atoms with Crippen molar-refractivity contribution in [2.45, 2.75) is 17.7 Å². The van der Waals surface area contributed by atoms with Gasteiger partial charge in [-0.25, -0.2) is 8.42 Å². The van der Waals surface area contributed by atoms with E-state index in [4.69, 9.17) is 5.11 Å². The molecule has 1 aromatic carbocycles. The summed E-state index contributed by atoms with van der Waals surface area (Å²) in [6, 6.07) is 9.78. The molecule has 13 heteroatoms. The number of aliphatic hydroxyl groups excluding tert-OH is 1. The van der Waals surface area contributed by atoms with E-state index in [2.05, 4.69) is 20.0 Å². The topological polar surface area (TPSA) is 130 Å². The molecule has 2 aromatic rings. The van der Waals surface area contributed by atoms with Gasteiger partial charge < -0.3 is 14.9 Å². The highest BCUT2D eigenvalue weighted by Gasteiger charge is 2.32. The number of hydrogen-bond acceptors (Lipinski definition) is 10.